The summed E-state index contributed by atoms with van der Waals surface area (Å²) in [5, 5.41) is 4.99. The molecule has 0 N–H and O–H groups in total. The fourth-order valence-electron chi connectivity index (χ4n) is 8.75. The topological polar surface area (TPSA) is 9.86 Å². The second kappa shape index (κ2) is 13.2. The van der Waals surface area contributed by atoms with Crippen molar-refractivity contribution in [2.75, 3.05) is 0 Å². The molecule has 0 aliphatic carbocycles. The van der Waals surface area contributed by atoms with E-state index in [1.54, 1.807) is 0 Å². The highest BCUT2D eigenvalue weighted by molar-refractivity contribution is 6.17. The molecular formula is C54H36N2. The Balaban J connectivity index is 1.12. The lowest BCUT2D eigenvalue weighted by molar-refractivity contribution is 1.18. The zero-order valence-electron chi connectivity index (χ0n) is 30.7. The van der Waals surface area contributed by atoms with Gasteiger partial charge in [-0.05, 0) is 105 Å². The van der Waals surface area contributed by atoms with Crippen molar-refractivity contribution in [3.05, 3.63) is 218 Å². The molecule has 0 aliphatic heterocycles. The number of benzene rings is 9. The molecule has 0 saturated heterocycles. The fourth-order valence-corrected chi connectivity index (χ4v) is 8.75. The fraction of sp³-hybridized carbons (Fsp3) is 0. The lowest BCUT2D eigenvalue weighted by Gasteiger charge is -2.14. The largest absolute Gasteiger partial charge is 0.309 e. The highest BCUT2D eigenvalue weighted by Crippen LogP contribution is 2.42. The van der Waals surface area contributed by atoms with Crippen LogP contribution in [0.5, 0.6) is 0 Å². The SMILES string of the molecule is c1ccc(-c2cc(-c3ccccc3)cc(-n3c4ccccc4c4cc(-c5cccc6c5c5ccccc5n6-c5cccc(-c6ccccc6)c5)ccc43)c2)cc1. The maximum atomic E-state index is 2.44. The van der Waals surface area contributed by atoms with Crippen LogP contribution in [0.15, 0.2) is 218 Å². The minimum atomic E-state index is 1.15. The zero-order chi connectivity index (χ0) is 37.0. The first-order chi connectivity index (χ1) is 27.8. The van der Waals surface area contributed by atoms with Gasteiger partial charge in [-0.25, -0.2) is 0 Å². The third-order valence-electron chi connectivity index (χ3n) is 11.3. The van der Waals surface area contributed by atoms with E-state index in [1.165, 1.54) is 88.1 Å². The first kappa shape index (κ1) is 32.0. The van der Waals surface area contributed by atoms with E-state index < -0.39 is 0 Å². The molecule has 9 aromatic carbocycles. The number of hydrogen-bond donors (Lipinski definition) is 0. The molecular weight excluding hydrogens is 677 g/mol. The Morgan fingerprint density at radius 2 is 0.714 bits per heavy atom. The number of rotatable bonds is 6. The van der Waals surface area contributed by atoms with Crippen LogP contribution in [0.4, 0.5) is 0 Å². The lowest BCUT2D eigenvalue weighted by atomic mass is 9.97. The summed E-state index contributed by atoms with van der Waals surface area (Å²) in [6.07, 6.45) is 0. The molecule has 262 valence electrons. The predicted octanol–water partition coefficient (Wildman–Crippen LogP) is 14.5. The summed E-state index contributed by atoms with van der Waals surface area (Å²) in [5.74, 6) is 0. The number of para-hydroxylation sites is 2. The van der Waals surface area contributed by atoms with Gasteiger partial charge in [-0.1, -0.05) is 158 Å². The second-order valence-corrected chi connectivity index (χ2v) is 14.6. The van der Waals surface area contributed by atoms with E-state index in [9.17, 15) is 0 Å². The average molecular weight is 713 g/mol. The molecule has 0 aliphatic rings. The van der Waals surface area contributed by atoms with Gasteiger partial charge in [0.2, 0.25) is 0 Å². The van der Waals surface area contributed by atoms with Gasteiger partial charge in [0.15, 0.2) is 0 Å². The first-order valence-corrected chi connectivity index (χ1v) is 19.3. The molecule has 56 heavy (non-hydrogen) atoms. The first-order valence-electron chi connectivity index (χ1n) is 19.3. The minimum Gasteiger partial charge on any atom is -0.309 e. The Morgan fingerprint density at radius 3 is 1.39 bits per heavy atom. The van der Waals surface area contributed by atoms with Crippen LogP contribution in [0.3, 0.4) is 0 Å². The Kier molecular flexibility index (Phi) is 7.53. The van der Waals surface area contributed by atoms with E-state index in [4.69, 9.17) is 0 Å². The van der Waals surface area contributed by atoms with Gasteiger partial charge in [-0.15, -0.1) is 0 Å². The maximum absolute atomic E-state index is 2.44. The van der Waals surface area contributed by atoms with Crippen LogP contribution < -0.4 is 0 Å². The smallest absolute Gasteiger partial charge is 0.0547 e. The van der Waals surface area contributed by atoms with E-state index in [-0.39, 0.29) is 0 Å². The molecule has 11 rings (SSSR count). The lowest BCUT2D eigenvalue weighted by Crippen LogP contribution is -1.96. The van der Waals surface area contributed by atoms with Crippen molar-refractivity contribution in [1.29, 1.82) is 0 Å². The summed E-state index contributed by atoms with van der Waals surface area (Å²) >= 11 is 0. The number of fused-ring (bicyclic) bond motifs is 6. The van der Waals surface area contributed by atoms with Crippen molar-refractivity contribution in [2.24, 2.45) is 0 Å². The van der Waals surface area contributed by atoms with E-state index >= 15 is 0 Å². The molecule has 0 bridgehead atoms. The summed E-state index contributed by atoms with van der Waals surface area (Å²) in [4.78, 5) is 0. The van der Waals surface area contributed by atoms with Gasteiger partial charge in [0.1, 0.15) is 0 Å². The molecule has 2 aromatic heterocycles. The average Bonchev–Trinajstić information content (AvgIpc) is 3.80. The summed E-state index contributed by atoms with van der Waals surface area (Å²) in [6.45, 7) is 0. The normalized spacial score (nSPS) is 11.6. The highest BCUT2D eigenvalue weighted by atomic mass is 15.0. The van der Waals surface area contributed by atoms with Crippen LogP contribution in [0.2, 0.25) is 0 Å². The van der Waals surface area contributed by atoms with Crippen molar-refractivity contribution >= 4 is 43.6 Å². The van der Waals surface area contributed by atoms with Gasteiger partial charge in [-0.2, -0.15) is 0 Å². The van der Waals surface area contributed by atoms with Crippen molar-refractivity contribution in [3.63, 3.8) is 0 Å². The van der Waals surface area contributed by atoms with Crippen molar-refractivity contribution in [2.45, 2.75) is 0 Å². The molecule has 0 unspecified atom stereocenters. The molecule has 11 aromatic rings. The standard InChI is InChI=1S/C54H36N2/c1-4-16-37(17-5-1)40-22-14-23-44(33-40)55-51-28-13-11-25-48(51)54-46(26-15-29-53(54)55)41-30-31-52-49(36-41)47-24-10-12-27-50(47)56(52)45-34-42(38-18-6-2-7-19-38)32-43(35-45)39-20-8-3-9-21-39/h1-36H. The molecule has 0 atom stereocenters. The molecule has 0 radical (unpaired) electrons. The molecule has 0 spiro atoms. The van der Waals surface area contributed by atoms with E-state index in [0.717, 1.165) is 11.4 Å². The van der Waals surface area contributed by atoms with E-state index in [1.807, 2.05) is 0 Å². The van der Waals surface area contributed by atoms with Crippen LogP contribution in [0, 0.1) is 0 Å². The number of aromatic nitrogens is 2. The van der Waals surface area contributed by atoms with Gasteiger partial charge in [-0.3, -0.25) is 0 Å². The van der Waals surface area contributed by atoms with Gasteiger partial charge in [0, 0.05) is 32.9 Å². The van der Waals surface area contributed by atoms with Crippen LogP contribution >= 0.6 is 0 Å². The number of nitrogens with zero attached hydrogens (tertiary/aromatic N) is 2. The van der Waals surface area contributed by atoms with Crippen LogP contribution in [0.1, 0.15) is 0 Å². The van der Waals surface area contributed by atoms with Gasteiger partial charge >= 0.3 is 0 Å². The Labute approximate surface area is 325 Å². The third kappa shape index (κ3) is 5.26. The summed E-state index contributed by atoms with van der Waals surface area (Å²) in [6, 6.07) is 79.4. The maximum Gasteiger partial charge on any atom is 0.0547 e. The molecule has 0 amide bonds. The van der Waals surface area contributed by atoms with Crippen molar-refractivity contribution in [1.82, 2.24) is 9.13 Å². The minimum absolute atomic E-state index is 1.15. The zero-order valence-corrected chi connectivity index (χ0v) is 30.7. The van der Waals surface area contributed by atoms with Crippen molar-refractivity contribution < 1.29 is 0 Å². The third-order valence-corrected chi connectivity index (χ3v) is 11.3. The van der Waals surface area contributed by atoms with E-state index in [2.05, 4.69) is 228 Å². The molecule has 2 heteroatoms. The Bertz CT molecular complexity index is 3170. The highest BCUT2D eigenvalue weighted by Gasteiger charge is 2.19. The molecule has 2 heterocycles. The van der Waals surface area contributed by atoms with Crippen LogP contribution in [-0.4, -0.2) is 9.13 Å². The Morgan fingerprint density at radius 1 is 0.232 bits per heavy atom. The quantitative estimate of drug-likeness (QED) is 0.162. The Hall–Kier alpha value is -7.42. The summed E-state index contributed by atoms with van der Waals surface area (Å²) in [7, 11) is 0. The second-order valence-electron chi connectivity index (χ2n) is 14.6. The summed E-state index contributed by atoms with van der Waals surface area (Å²) < 4.78 is 4.87. The van der Waals surface area contributed by atoms with Gasteiger partial charge < -0.3 is 9.13 Å². The monoisotopic (exact) mass is 712 g/mol. The van der Waals surface area contributed by atoms with Crippen LogP contribution in [0.25, 0.3) is 99.5 Å². The van der Waals surface area contributed by atoms with Gasteiger partial charge in [0.05, 0.1) is 22.1 Å². The molecule has 0 saturated carbocycles. The van der Waals surface area contributed by atoms with Gasteiger partial charge in [0.25, 0.3) is 0 Å². The molecule has 0 fully saturated rings. The predicted molar refractivity (Wildman–Crippen MR) is 237 cm³/mol. The number of hydrogen-bond acceptors (Lipinski definition) is 0. The van der Waals surface area contributed by atoms with Crippen LogP contribution in [-0.2, 0) is 0 Å². The van der Waals surface area contributed by atoms with Crippen molar-refractivity contribution in [3.8, 4) is 55.9 Å². The molecule has 2 nitrogen and oxygen atoms in total. The van der Waals surface area contributed by atoms with E-state index in [0.29, 0.717) is 0 Å². The summed E-state index contributed by atoms with van der Waals surface area (Å²) in [5.41, 5.74) is 16.7.